The van der Waals surface area contributed by atoms with Crippen LogP contribution in [0, 0.1) is 5.92 Å². The second-order valence-electron chi connectivity index (χ2n) is 10.00. The lowest BCUT2D eigenvalue weighted by Crippen LogP contribution is -2.29. The standard InChI is InChI=1S/C29H31N3O5S/c1-6-35-22-15-18(11-12-21(22)36-14-13-16(2)3)24-23-25(33)19-9-7-8-10-20(19)37-26(23)28(34)32(24)29-31-30-27(38-29)17(4)5/h7-12,15-17,24H,6,13-14H2,1-5H3. The van der Waals surface area contributed by atoms with Crippen molar-refractivity contribution in [2.45, 2.75) is 53.0 Å². The summed E-state index contributed by atoms with van der Waals surface area (Å²) >= 11 is 1.34. The molecule has 9 heteroatoms. The van der Waals surface area contributed by atoms with Gasteiger partial charge in [0.1, 0.15) is 10.6 Å². The van der Waals surface area contributed by atoms with Crippen LogP contribution in [-0.4, -0.2) is 29.3 Å². The molecule has 1 aliphatic heterocycles. The first kappa shape index (κ1) is 25.9. The van der Waals surface area contributed by atoms with Crippen LogP contribution < -0.4 is 19.8 Å². The van der Waals surface area contributed by atoms with Crippen LogP contribution >= 0.6 is 11.3 Å². The van der Waals surface area contributed by atoms with E-state index in [1.807, 2.05) is 39.0 Å². The van der Waals surface area contributed by atoms with E-state index in [9.17, 15) is 9.59 Å². The zero-order chi connectivity index (χ0) is 27.0. The van der Waals surface area contributed by atoms with Crippen molar-refractivity contribution in [3.8, 4) is 11.5 Å². The number of amides is 1. The van der Waals surface area contributed by atoms with Gasteiger partial charge >= 0.3 is 0 Å². The Hall–Kier alpha value is -3.72. The van der Waals surface area contributed by atoms with Crippen LogP contribution in [0.5, 0.6) is 11.5 Å². The minimum Gasteiger partial charge on any atom is -0.490 e. The molecule has 3 heterocycles. The first-order chi connectivity index (χ1) is 18.3. The van der Waals surface area contributed by atoms with Gasteiger partial charge in [-0.2, -0.15) is 0 Å². The van der Waals surface area contributed by atoms with E-state index < -0.39 is 11.9 Å². The summed E-state index contributed by atoms with van der Waals surface area (Å²) in [6.07, 6.45) is 0.912. The third kappa shape index (κ3) is 4.67. The first-order valence-electron chi connectivity index (χ1n) is 12.9. The SMILES string of the molecule is CCOc1cc(C2c3c(oc4ccccc4c3=O)C(=O)N2c2nnc(C(C)C)s2)ccc1OCCC(C)C. The van der Waals surface area contributed by atoms with E-state index in [4.69, 9.17) is 13.9 Å². The molecule has 0 aliphatic carbocycles. The fourth-order valence-electron chi connectivity index (χ4n) is 4.48. The van der Waals surface area contributed by atoms with Crippen molar-refractivity contribution in [1.29, 1.82) is 0 Å². The zero-order valence-corrected chi connectivity index (χ0v) is 23.0. The summed E-state index contributed by atoms with van der Waals surface area (Å²) in [5.41, 5.74) is 1.10. The predicted octanol–water partition coefficient (Wildman–Crippen LogP) is 6.34. The van der Waals surface area contributed by atoms with Crippen molar-refractivity contribution in [3.05, 3.63) is 74.6 Å². The Kier molecular flexibility index (Phi) is 7.21. The molecule has 8 nitrogen and oxygen atoms in total. The quantitative estimate of drug-likeness (QED) is 0.248. The van der Waals surface area contributed by atoms with Crippen LogP contribution in [0.1, 0.15) is 79.7 Å². The van der Waals surface area contributed by atoms with E-state index in [2.05, 4.69) is 24.0 Å². The van der Waals surface area contributed by atoms with E-state index in [0.29, 0.717) is 52.3 Å². The number of para-hydroxylation sites is 1. The number of fused-ring (bicyclic) bond motifs is 2. The predicted molar refractivity (Wildman–Crippen MR) is 148 cm³/mol. The lowest BCUT2D eigenvalue weighted by molar-refractivity contribution is 0.0970. The molecule has 2 aromatic carbocycles. The van der Waals surface area contributed by atoms with Crippen LogP contribution in [0.15, 0.2) is 51.7 Å². The third-order valence-corrected chi connectivity index (χ3v) is 7.67. The molecule has 38 heavy (non-hydrogen) atoms. The first-order valence-corrected chi connectivity index (χ1v) is 13.7. The largest absolute Gasteiger partial charge is 0.490 e. The lowest BCUT2D eigenvalue weighted by atomic mass is 9.98. The normalized spacial score (nSPS) is 15.1. The van der Waals surface area contributed by atoms with Gasteiger partial charge in [0.25, 0.3) is 5.91 Å². The van der Waals surface area contributed by atoms with E-state index in [1.54, 1.807) is 24.3 Å². The Bertz CT molecular complexity index is 1540. The number of rotatable bonds is 9. The van der Waals surface area contributed by atoms with Crippen molar-refractivity contribution in [2.75, 3.05) is 18.1 Å². The van der Waals surface area contributed by atoms with Crippen LogP contribution in [0.25, 0.3) is 11.0 Å². The molecule has 1 amide bonds. The van der Waals surface area contributed by atoms with Gasteiger partial charge in [-0.05, 0) is 49.1 Å². The smallest absolute Gasteiger partial charge is 0.297 e. The number of hydrogen-bond acceptors (Lipinski definition) is 8. The number of nitrogens with zero attached hydrogens (tertiary/aromatic N) is 3. The van der Waals surface area contributed by atoms with Crippen molar-refractivity contribution < 1.29 is 18.7 Å². The Morgan fingerprint density at radius 3 is 2.53 bits per heavy atom. The van der Waals surface area contributed by atoms with Gasteiger partial charge in [-0.25, -0.2) is 0 Å². The number of benzene rings is 2. The van der Waals surface area contributed by atoms with Crippen LogP contribution in [0.2, 0.25) is 0 Å². The van der Waals surface area contributed by atoms with Crippen LogP contribution in [0.4, 0.5) is 5.13 Å². The highest BCUT2D eigenvalue weighted by Gasteiger charge is 2.45. The fourth-order valence-corrected chi connectivity index (χ4v) is 5.35. The van der Waals surface area contributed by atoms with Crippen LogP contribution in [0.3, 0.4) is 0 Å². The van der Waals surface area contributed by atoms with Gasteiger partial charge in [0.15, 0.2) is 16.9 Å². The van der Waals surface area contributed by atoms with Gasteiger partial charge in [-0.3, -0.25) is 14.5 Å². The minimum atomic E-state index is -0.754. The maximum atomic E-state index is 13.8. The van der Waals surface area contributed by atoms with Crippen LogP contribution in [-0.2, 0) is 0 Å². The van der Waals surface area contributed by atoms with Gasteiger partial charge in [-0.1, -0.05) is 57.2 Å². The average molecular weight is 534 g/mol. The van der Waals surface area contributed by atoms with E-state index in [0.717, 1.165) is 11.4 Å². The molecule has 0 N–H and O–H groups in total. The summed E-state index contributed by atoms with van der Waals surface area (Å²) in [5, 5.41) is 10.3. The van der Waals surface area contributed by atoms with Crippen molar-refractivity contribution in [1.82, 2.24) is 10.2 Å². The van der Waals surface area contributed by atoms with Gasteiger partial charge in [0.05, 0.1) is 30.2 Å². The number of ether oxygens (including phenoxy) is 2. The average Bonchev–Trinajstić information content (AvgIpc) is 3.48. The molecule has 5 rings (SSSR count). The summed E-state index contributed by atoms with van der Waals surface area (Å²) in [7, 11) is 0. The number of anilines is 1. The number of carbonyl (C=O) groups is 1. The molecular weight excluding hydrogens is 502 g/mol. The molecule has 4 aromatic rings. The molecule has 0 bridgehead atoms. The molecule has 1 atom stereocenters. The highest BCUT2D eigenvalue weighted by molar-refractivity contribution is 7.15. The third-order valence-electron chi connectivity index (χ3n) is 6.44. The van der Waals surface area contributed by atoms with Gasteiger partial charge < -0.3 is 13.9 Å². The molecule has 1 aliphatic rings. The second kappa shape index (κ2) is 10.6. The molecule has 198 valence electrons. The Morgan fingerprint density at radius 2 is 1.82 bits per heavy atom. The van der Waals surface area contributed by atoms with Gasteiger partial charge in [0, 0.05) is 5.92 Å². The molecule has 0 saturated carbocycles. The summed E-state index contributed by atoms with van der Waals surface area (Å²) in [6, 6.07) is 11.8. The molecule has 0 saturated heterocycles. The summed E-state index contributed by atoms with van der Waals surface area (Å²) in [5.74, 6) is 1.44. The molecule has 0 fully saturated rings. The number of aromatic nitrogens is 2. The highest BCUT2D eigenvalue weighted by Crippen LogP contribution is 2.44. The van der Waals surface area contributed by atoms with E-state index in [-0.39, 0.29) is 22.7 Å². The topological polar surface area (TPSA) is 94.8 Å². The number of hydrogen-bond donors (Lipinski definition) is 0. The molecular formula is C29H31N3O5S. The zero-order valence-electron chi connectivity index (χ0n) is 22.2. The minimum absolute atomic E-state index is 0.0233. The second-order valence-corrected chi connectivity index (χ2v) is 11.0. The molecule has 2 aromatic heterocycles. The Labute approximate surface area is 225 Å². The summed E-state index contributed by atoms with van der Waals surface area (Å²) in [4.78, 5) is 29.1. The lowest BCUT2D eigenvalue weighted by Gasteiger charge is -2.23. The van der Waals surface area contributed by atoms with E-state index in [1.165, 1.54) is 16.2 Å². The molecule has 1 unspecified atom stereocenters. The molecule has 0 spiro atoms. The van der Waals surface area contributed by atoms with Crippen molar-refractivity contribution in [3.63, 3.8) is 0 Å². The molecule has 0 radical (unpaired) electrons. The fraction of sp³-hybridized carbons (Fsp3) is 0.379. The van der Waals surface area contributed by atoms with Gasteiger partial charge in [-0.15, -0.1) is 10.2 Å². The monoisotopic (exact) mass is 533 g/mol. The maximum Gasteiger partial charge on any atom is 0.297 e. The van der Waals surface area contributed by atoms with Gasteiger partial charge in [0.2, 0.25) is 10.9 Å². The van der Waals surface area contributed by atoms with Crippen molar-refractivity contribution in [2.24, 2.45) is 5.92 Å². The van der Waals surface area contributed by atoms with Crippen molar-refractivity contribution >= 4 is 33.3 Å². The van der Waals surface area contributed by atoms with E-state index >= 15 is 0 Å². The summed E-state index contributed by atoms with van der Waals surface area (Å²) < 4.78 is 18.0. The number of carbonyl (C=O) groups excluding carboxylic acids is 1. The Morgan fingerprint density at radius 1 is 1.03 bits per heavy atom. The summed E-state index contributed by atoms with van der Waals surface area (Å²) in [6.45, 7) is 11.2. The highest BCUT2D eigenvalue weighted by atomic mass is 32.1. The maximum absolute atomic E-state index is 13.8. The Balaban J connectivity index is 1.67.